The predicted molar refractivity (Wildman–Crippen MR) is 104 cm³/mol. The molecule has 1 aliphatic carbocycles. The van der Waals surface area contributed by atoms with Crippen molar-refractivity contribution in [2.45, 2.75) is 46.2 Å². The minimum absolute atomic E-state index is 0.0138. The molecule has 1 aliphatic rings. The van der Waals surface area contributed by atoms with Crippen LogP contribution >= 0.6 is 0 Å². The first kappa shape index (κ1) is 18.2. The van der Waals surface area contributed by atoms with Crippen LogP contribution in [0.25, 0.3) is 0 Å². The zero-order valence-electron chi connectivity index (χ0n) is 15.7. The molecular formula is C22H26N2O2. The molecule has 0 saturated heterocycles. The first-order valence-corrected chi connectivity index (χ1v) is 9.19. The molecular weight excluding hydrogens is 324 g/mol. The molecule has 1 fully saturated rings. The third-order valence-corrected chi connectivity index (χ3v) is 5.05. The highest BCUT2D eigenvalue weighted by Crippen LogP contribution is 2.36. The van der Waals surface area contributed by atoms with E-state index in [1.165, 1.54) is 19.8 Å². The summed E-state index contributed by atoms with van der Waals surface area (Å²) < 4.78 is 0. The normalized spacial score (nSPS) is 14.6. The van der Waals surface area contributed by atoms with Crippen molar-refractivity contribution >= 4 is 17.5 Å². The SMILES string of the molecule is CC(=O)Nc1cc(C(=O)N(Cc2ccccc2)C(C)C2CC2)ccc1C. The fraction of sp³-hybridized carbons (Fsp3) is 0.364. The number of amides is 2. The van der Waals surface area contributed by atoms with Crippen molar-refractivity contribution < 1.29 is 9.59 Å². The van der Waals surface area contributed by atoms with E-state index < -0.39 is 0 Å². The number of benzene rings is 2. The van der Waals surface area contributed by atoms with E-state index >= 15 is 0 Å². The first-order chi connectivity index (χ1) is 12.5. The number of nitrogens with one attached hydrogen (secondary N) is 1. The van der Waals surface area contributed by atoms with Crippen LogP contribution in [0.15, 0.2) is 48.5 Å². The summed E-state index contributed by atoms with van der Waals surface area (Å²) in [6, 6.07) is 15.8. The zero-order valence-corrected chi connectivity index (χ0v) is 15.7. The molecule has 1 saturated carbocycles. The second-order valence-corrected chi connectivity index (χ2v) is 7.21. The fourth-order valence-electron chi connectivity index (χ4n) is 3.26. The lowest BCUT2D eigenvalue weighted by Crippen LogP contribution is -2.39. The highest BCUT2D eigenvalue weighted by atomic mass is 16.2. The van der Waals surface area contributed by atoms with Crippen LogP contribution in [0.3, 0.4) is 0 Å². The van der Waals surface area contributed by atoms with Crippen LogP contribution in [-0.2, 0) is 11.3 Å². The van der Waals surface area contributed by atoms with Crippen molar-refractivity contribution in [1.82, 2.24) is 4.90 Å². The predicted octanol–water partition coefficient (Wildman–Crippen LogP) is 4.39. The summed E-state index contributed by atoms with van der Waals surface area (Å²) in [4.78, 5) is 26.7. The van der Waals surface area contributed by atoms with Crippen LogP contribution in [0.1, 0.15) is 48.2 Å². The van der Waals surface area contributed by atoms with Gasteiger partial charge in [0.25, 0.3) is 5.91 Å². The summed E-state index contributed by atoms with van der Waals surface area (Å²) in [5.74, 6) is 0.466. The largest absolute Gasteiger partial charge is 0.331 e. The maximum absolute atomic E-state index is 13.3. The second kappa shape index (κ2) is 7.73. The van der Waals surface area contributed by atoms with Gasteiger partial charge in [-0.2, -0.15) is 0 Å². The molecule has 26 heavy (non-hydrogen) atoms. The smallest absolute Gasteiger partial charge is 0.254 e. The summed E-state index contributed by atoms with van der Waals surface area (Å²) in [5.41, 5.74) is 3.38. The fourth-order valence-corrected chi connectivity index (χ4v) is 3.26. The Hall–Kier alpha value is -2.62. The Kier molecular flexibility index (Phi) is 5.40. The Morgan fingerprint density at radius 1 is 1.15 bits per heavy atom. The topological polar surface area (TPSA) is 49.4 Å². The Bertz CT molecular complexity index is 797. The average Bonchev–Trinajstić information content (AvgIpc) is 3.46. The summed E-state index contributed by atoms with van der Waals surface area (Å²) in [7, 11) is 0. The lowest BCUT2D eigenvalue weighted by atomic mass is 10.1. The van der Waals surface area contributed by atoms with Gasteiger partial charge in [0.2, 0.25) is 5.91 Å². The van der Waals surface area contributed by atoms with Gasteiger partial charge in [0, 0.05) is 30.8 Å². The van der Waals surface area contributed by atoms with Crippen LogP contribution in [0.5, 0.6) is 0 Å². The van der Waals surface area contributed by atoms with Crippen LogP contribution < -0.4 is 5.32 Å². The highest BCUT2D eigenvalue weighted by Gasteiger charge is 2.34. The molecule has 0 bridgehead atoms. The van der Waals surface area contributed by atoms with Gasteiger partial charge in [-0.15, -0.1) is 0 Å². The Morgan fingerprint density at radius 3 is 2.46 bits per heavy atom. The van der Waals surface area contributed by atoms with Gasteiger partial charge in [-0.1, -0.05) is 36.4 Å². The van der Waals surface area contributed by atoms with Gasteiger partial charge in [-0.25, -0.2) is 0 Å². The molecule has 3 rings (SSSR count). The van der Waals surface area contributed by atoms with E-state index in [1.54, 1.807) is 6.07 Å². The minimum atomic E-state index is -0.134. The maximum atomic E-state index is 13.3. The summed E-state index contributed by atoms with van der Waals surface area (Å²) >= 11 is 0. The van der Waals surface area contributed by atoms with Crippen molar-refractivity contribution in [2.75, 3.05) is 5.32 Å². The minimum Gasteiger partial charge on any atom is -0.331 e. The van der Waals surface area contributed by atoms with Crippen molar-refractivity contribution in [3.05, 3.63) is 65.2 Å². The third-order valence-electron chi connectivity index (χ3n) is 5.05. The van der Waals surface area contributed by atoms with Crippen LogP contribution in [0.4, 0.5) is 5.69 Å². The number of hydrogen-bond acceptors (Lipinski definition) is 2. The maximum Gasteiger partial charge on any atom is 0.254 e. The molecule has 0 aliphatic heterocycles. The van der Waals surface area contributed by atoms with Gasteiger partial charge in [0.05, 0.1) is 0 Å². The van der Waals surface area contributed by atoms with Crippen molar-refractivity contribution in [1.29, 1.82) is 0 Å². The lowest BCUT2D eigenvalue weighted by Gasteiger charge is -2.30. The van der Waals surface area contributed by atoms with E-state index in [-0.39, 0.29) is 17.9 Å². The van der Waals surface area contributed by atoms with E-state index in [0.29, 0.717) is 23.7 Å². The van der Waals surface area contributed by atoms with Gasteiger partial charge in [-0.3, -0.25) is 9.59 Å². The number of rotatable bonds is 6. The van der Waals surface area contributed by atoms with E-state index in [2.05, 4.69) is 24.4 Å². The summed E-state index contributed by atoms with van der Waals surface area (Å²) in [6.07, 6.45) is 2.37. The van der Waals surface area contributed by atoms with Gasteiger partial charge >= 0.3 is 0 Å². The van der Waals surface area contributed by atoms with E-state index in [9.17, 15) is 9.59 Å². The molecule has 136 valence electrons. The molecule has 1 unspecified atom stereocenters. The number of anilines is 1. The summed E-state index contributed by atoms with van der Waals surface area (Å²) in [5, 5.41) is 2.81. The summed E-state index contributed by atoms with van der Waals surface area (Å²) in [6.45, 7) is 6.14. The molecule has 1 atom stereocenters. The second-order valence-electron chi connectivity index (χ2n) is 7.21. The lowest BCUT2D eigenvalue weighted by molar-refractivity contribution is -0.114. The molecule has 2 amide bonds. The molecule has 0 spiro atoms. The molecule has 2 aromatic rings. The van der Waals surface area contributed by atoms with Gasteiger partial charge in [-0.05, 0) is 55.9 Å². The molecule has 1 N–H and O–H groups in total. The standard InChI is InChI=1S/C22H26N2O2/c1-15-9-10-20(13-21(15)23-17(3)25)22(26)24(16(2)19-11-12-19)14-18-7-5-4-6-8-18/h4-10,13,16,19H,11-12,14H2,1-3H3,(H,23,25). The van der Waals surface area contributed by atoms with Crippen LogP contribution in [-0.4, -0.2) is 22.8 Å². The Balaban J connectivity index is 1.88. The Morgan fingerprint density at radius 2 is 1.85 bits per heavy atom. The molecule has 2 aromatic carbocycles. The van der Waals surface area contributed by atoms with Gasteiger partial charge in [0.1, 0.15) is 0 Å². The number of aryl methyl sites for hydroxylation is 1. The number of carbonyl (C=O) groups is 2. The van der Waals surface area contributed by atoms with E-state index in [0.717, 1.165) is 11.1 Å². The van der Waals surface area contributed by atoms with E-state index in [4.69, 9.17) is 0 Å². The van der Waals surface area contributed by atoms with Crippen LogP contribution in [0, 0.1) is 12.8 Å². The number of nitrogens with zero attached hydrogens (tertiary/aromatic N) is 1. The van der Waals surface area contributed by atoms with Crippen LogP contribution in [0.2, 0.25) is 0 Å². The number of hydrogen-bond donors (Lipinski definition) is 1. The average molecular weight is 350 g/mol. The monoisotopic (exact) mass is 350 g/mol. The quantitative estimate of drug-likeness (QED) is 0.840. The Labute approximate surface area is 155 Å². The molecule has 0 aromatic heterocycles. The third kappa shape index (κ3) is 4.31. The first-order valence-electron chi connectivity index (χ1n) is 9.19. The molecule has 0 heterocycles. The number of carbonyl (C=O) groups excluding carboxylic acids is 2. The molecule has 0 radical (unpaired) electrons. The van der Waals surface area contributed by atoms with Gasteiger partial charge < -0.3 is 10.2 Å². The van der Waals surface area contributed by atoms with Crippen molar-refractivity contribution in [3.8, 4) is 0 Å². The van der Waals surface area contributed by atoms with Gasteiger partial charge in [0.15, 0.2) is 0 Å². The molecule has 4 heteroatoms. The van der Waals surface area contributed by atoms with Crippen molar-refractivity contribution in [2.24, 2.45) is 5.92 Å². The zero-order chi connectivity index (χ0) is 18.7. The van der Waals surface area contributed by atoms with Crippen molar-refractivity contribution in [3.63, 3.8) is 0 Å². The molecule has 4 nitrogen and oxygen atoms in total. The van der Waals surface area contributed by atoms with E-state index in [1.807, 2.05) is 42.2 Å². The highest BCUT2D eigenvalue weighted by molar-refractivity contribution is 5.97.